The second-order valence-corrected chi connectivity index (χ2v) is 9.66. The summed E-state index contributed by atoms with van der Waals surface area (Å²) in [5, 5.41) is 0. The molecule has 0 atom stereocenters. The molecule has 0 heterocycles. The van der Waals surface area contributed by atoms with Crippen molar-refractivity contribution < 1.29 is 18.1 Å². The molecule has 0 aliphatic carbocycles. The molecule has 0 rings (SSSR count). The molecule has 0 spiro atoms. The molecular weight excluding hydrogens is 356 g/mol. The first-order valence-corrected chi connectivity index (χ1v) is 12.5. The van der Waals surface area contributed by atoms with Crippen molar-refractivity contribution in [2.45, 2.75) is 96.8 Å². The van der Waals surface area contributed by atoms with E-state index in [2.05, 4.69) is 25.7 Å². The van der Waals surface area contributed by atoms with Gasteiger partial charge in [0.25, 0.3) is 5.97 Å². The molecule has 0 amide bonds. The van der Waals surface area contributed by atoms with Crippen molar-refractivity contribution in [3.05, 3.63) is 24.4 Å². The summed E-state index contributed by atoms with van der Waals surface area (Å²) in [6.07, 6.45) is 21.2. The number of allylic oxidation sites excluding steroid dienone is 2. The van der Waals surface area contributed by atoms with Gasteiger partial charge in [-0.25, -0.2) is 0 Å². The third-order valence-corrected chi connectivity index (χ3v) is 6.87. The molecule has 0 radical (unpaired) electrons. The summed E-state index contributed by atoms with van der Waals surface area (Å²) in [5.74, 6) is -0.261. The average Bonchev–Trinajstić information content (AvgIpc) is 2.69. The van der Waals surface area contributed by atoms with Crippen LogP contribution in [0, 0.1) is 0 Å². The number of hydrogen-bond donors (Lipinski definition) is 0. The molecule has 0 saturated carbocycles. The van der Waals surface area contributed by atoms with Gasteiger partial charge in [0.15, 0.2) is 0 Å². The summed E-state index contributed by atoms with van der Waals surface area (Å²) in [6.45, 7) is 5.89. The smallest absolute Gasteiger partial charge is 0.470 e. The third kappa shape index (κ3) is 14.8. The fraction of sp³-hybridized carbons (Fsp3) is 0.773. The Balaban J connectivity index is 3.48. The van der Waals surface area contributed by atoms with Crippen LogP contribution in [0.4, 0.5) is 0 Å². The van der Waals surface area contributed by atoms with Crippen LogP contribution in [0.25, 0.3) is 0 Å². The second-order valence-electron chi connectivity index (χ2n) is 7.02. The summed E-state index contributed by atoms with van der Waals surface area (Å²) >= 11 is 0. The van der Waals surface area contributed by atoms with Crippen molar-refractivity contribution in [2.75, 3.05) is 14.2 Å². The summed E-state index contributed by atoms with van der Waals surface area (Å²) in [6, 6.07) is 0. The van der Waals surface area contributed by atoms with E-state index in [1.54, 1.807) is 0 Å². The largest absolute Gasteiger partial charge is 0.595 e. The Morgan fingerprint density at radius 1 is 0.815 bits per heavy atom. The van der Waals surface area contributed by atoms with E-state index in [-0.39, 0.29) is 5.97 Å². The number of hydrogen-bond acceptors (Lipinski definition) is 4. The van der Waals surface area contributed by atoms with Crippen molar-refractivity contribution in [3.63, 3.8) is 0 Å². The average molecular weight is 399 g/mol. The third-order valence-electron chi connectivity index (χ3n) is 4.72. The molecule has 0 unspecified atom stereocenters. The molecular formula is C22H42O4Si. The lowest BCUT2D eigenvalue weighted by atomic mass is 10.1. The zero-order valence-electron chi connectivity index (χ0n) is 18.0. The van der Waals surface area contributed by atoms with Gasteiger partial charge in [-0.3, -0.25) is 4.79 Å². The van der Waals surface area contributed by atoms with E-state index >= 15 is 0 Å². The van der Waals surface area contributed by atoms with Crippen LogP contribution in [0.2, 0.25) is 0 Å². The SMILES string of the molecule is C=C[Si](OC)(OC)OC(=O)CCCCCCC/C=C\CCCCCCCC. The topological polar surface area (TPSA) is 44.8 Å². The van der Waals surface area contributed by atoms with E-state index in [4.69, 9.17) is 13.3 Å². The lowest BCUT2D eigenvalue weighted by Gasteiger charge is -2.21. The quantitative estimate of drug-likeness (QED) is 0.141. The van der Waals surface area contributed by atoms with Gasteiger partial charge in [-0.2, -0.15) is 0 Å². The number of carbonyl (C=O) groups excluding carboxylic acids is 1. The standard InChI is InChI=1S/C22H42O4Si/c1-5-7-8-9-10-11-12-13-14-15-16-17-18-19-20-21-22(23)26-27(6-2,24-3)25-4/h6,13-14H,2,5,7-12,15-21H2,1,3-4H3/b14-13-. The molecule has 0 aromatic heterocycles. The van der Waals surface area contributed by atoms with E-state index in [0.717, 1.165) is 19.3 Å². The highest BCUT2D eigenvalue weighted by atomic mass is 28.4. The molecule has 5 heteroatoms. The Hall–Kier alpha value is -0.913. The minimum atomic E-state index is -2.98. The molecule has 0 N–H and O–H groups in total. The van der Waals surface area contributed by atoms with E-state index in [9.17, 15) is 4.79 Å². The second kappa shape index (κ2) is 18.5. The van der Waals surface area contributed by atoms with E-state index in [0.29, 0.717) is 6.42 Å². The summed E-state index contributed by atoms with van der Waals surface area (Å²) in [5.41, 5.74) is 1.48. The van der Waals surface area contributed by atoms with Crippen LogP contribution in [0.15, 0.2) is 24.4 Å². The van der Waals surface area contributed by atoms with Crippen LogP contribution in [0.5, 0.6) is 0 Å². The van der Waals surface area contributed by atoms with E-state index < -0.39 is 8.80 Å². The number of carbonyl (C=O) groups is 1. The normalized spacial score (nSPS) is 11.8. The molecule has 0 aromatic rings. The van der Waals surface area contributed by atoms with Crippen molar-refractivity contribution >= 4 is 14.8 Å². The number of unbranched alkanes of at least 4 members (excludes halogenated alkanes) is 11. The zero-order valence-corrected chi connectivity index (χ0v) is 19.0. The van der Waals surface area contributed by atoms with Crippen molar-refractivity contribution in [2.24, 2.45) is 0 Å². The maximum Gasteiger partial charge on any atom is 0.595 e. The zero-order chi connectivity index (χ0) is 20.2. The van der Waals surface area contributed by atoms with Gasteiger partial charge in [0.2, 0.25) is 0 Å². The van der Waals surface area contributed by atoms with Gasteiger partial charge in [0.1, 0.15) is 0 Å². The maximum absolute atomic E-state index is 11.9. The molecule has 0 aliphatic rings. The van der Waals surface area contributed by atoms with Crippen LogP contribution < -0.4 is 0 Å². The first-order chi connectivity index (χ1) is 13.1. The highest BCUT2D eigenvalue weighted by Crippen LogP contribution is 2.13. The van der Waals surface area contributed by atoms with Crippen LogP contribution in [0.3, 0.4) is 0 Å². The van der Waals surface area contributed by atoms with Gasteiger partial charge in [-0.15, -0.1) is 0 Å². The van der Waals surface area contributed by atoms with Crippen molar-refractivity contribution in [1.29, 1.82) is 0 Å². The molecule has 158 valence electrons. The minimum absolute atomic E-state index is 0.261. The fourth-order valence-electron chi connectivity index (χ4n) is 2.92. The Morgan fingerprint density at radius 3 is 1.78 bits per heavy atom. The first kappa shape index (κ1) is 26.1. The predicted molar refractivity (Wildman–Crippen MR) is 116 cm³/mol. The van der Waals surface area contributed by atoms with E-state index in [1.807, 2.05) is 0 Å². The Morgan fingerprint density at radius 2 is 1.30 bits per heavy atom. The minimum Gasteiger partial charge on any atom is -0.470 e. The number of rotatable bonds is 19. The monoisotopic (exact) mass is 398 g/mol. The van der Waals surface area contributed by atoms with Crippen LogP contribution in [0.1, 0.15) is 96.8 Å². The van der Waals surface area contributed by atoms with Gasteiger partial charge >= 0.3 is 8.80 Å². The molecule has 0 aromatic carbocycles. The summed E-state index contributed by atoms with van der Waals surface area (Å²) < 4.78 is 15.7. The van der Waals surface area contributed by atoms with Gasteiger partial charge in [0.05, 0.1) is 0 Å². The van der Waals surface area contributed by atoms with Crippen molar-refractivity contribution in [3.8, 4) is 0 Å². The summed E-state index contributed by atoms with van der Waals surface area (Å²) in [4.78, 5) is 11.9. The lowest BCUT2D eigenvalue weighted by molar-refractivity contribution is -0.138. The Bertz CT molecular complexity index is 392. The molecule has 0 bridgehead atoms. The Labute approximate surface area is 168 Å². The van der Waals surface area contributed by atoms with Crippen LogP contribution in [-0.4, -0.2) is 29.0 Å². The highest BCUT2D eigenvalue weighted by molar-refractivity contribution is 6.67. The maximum atomic E-state index is 11.9. The van der Waals surface area contributed by atoms with Gasteiger partial charge in [-0.05, 0) is 37.8 Å². The van der Waals surface area contributed by atoms with Gasteiger partial charge in [-0.1, -0.05) is 77.0 Å². The van der Waals surface area contributed by atoms with Gasteiger partial charge in [0, 0.05) is 20.6 Å². The molecule has 0 saturated heterocycles. The summed E-state index contributed by atoms with van der Waals surface area (Å²) in [7, 11) is -0.0249. The predicted octanol–water partition coefficient (Wildman–Crippen LogP) is 6.52. The highest BCUT2D eigenvalue weighted by Gasteiger charge is 2.39. The van der Waals surface area contributed by atoms with Gasteiger partial charge < -0.3 is 13.3 Å². The molecule has 27 heavy (non-hydrogen) atoms. The Kier molecular flexibility index (Phi) is 17.8. The van der Waals surface area contributed by atoms with Crippen molar-refractivity contribution in [1.82, 2.24) is 0 Å². The molecule has 0 fully saturated rings. The van der Waals surface area contributed by atoms with Crippen LogP contribution in [-0.2, 0) is 18.1 Å². The van der Waals surface area contributed by atoms with Crippen LogP contribution >= 0.6 is 0 Å². The fourth-order valence-corrected chi connectivity index (χ4v) is 4.09. The van der Waals surface area contributed by atoms with E-state index in [1.165, 1.54) is 84.1 Å². The first-order valence-electron chi connectivity index (χ1n) is 10.7. The lowest BCUT2D eigenvalue weighted by Crippen LogP contribution is -2.43. The molecule has 0 aliphatic heterocycles. The molecule has 4 nitrogen and oxygen atoms in total.